The summed E-state index contributed by atoms with van der Waals surface area (Å²) in [6.45, 7) is 1.93. The predicted octanol–water partition coefficient (Wildman–Crippen LogP) is 2.43. The van der Waals surface area contributed by atoms with E-state index in [1.165, 1.54) is 0 Å². The van der Waals surface area contributed by atoms with Gasteiger partial charge in [0.05, 0.1) is 17.1 Å². The first-order valence-electron chi connectivity index (χ1n) is 6.54. The van der Waals surface area contributed by atoms with E-state index in [9.17, 15) is 9.90 Å². The molecular formula is C13H16N4O2S. The van der Waals surface area contributed by atoms with Gasteiger partial charge in [0.1, 0.15) is 5.92 Å². The number of carboxylic acid groups (broad SMARTS) is 1. The summed E-state index contributed by atoms with van der Waals surface area (Å²) >= 11 is 1.55. The third-order valence-corrected chi connectivity index (χ3v) is 4.55. The SMILES string of the molecule is Cc1nn(C)cc1Nc1nc2c(s1)CCCC2C(=O)O. The van der Waals surface area contributed by atoms with Gasteiger partial charge in [-0.1, -0.05) is 0 Å². The zero-order valence-electron chi connectivity index (χ0n) is 11.4. The molecule has 3 rings (SSSR count). The summed E-state index contributed by atoms with van der Waals surface area (Å²) in [6, 6.07) is 0. The van der Waals surface area contributed by atoms with Crippen LogP contribution in [0.2, 0.25) is 0 Å². The molecule has 0 spiro atoms. The van der Waals surface area contributed by atoms with Gasteiger partial charge in [-0.2, -0.15) is 5.10 Å². The van der Waals surface area contributed by atoms with Gasteiger partial charge < -0.3 is 10.4 Å². The van der Waals surface area contributed by atoms with Crippen LogP contribution in [0.15, 0.2) is 6.20 Å². The van der Waals surface area contributed by atoms with E-state index < -0.39 is 11.9 Å². The topological polar surface area (TPSA) is 80.0 Å². The summed E-state index contributed by atoms with van der Waals surface area (Å²) in [5, 5.41) is 17.5. The Morgan fingerprint density at radius 2 is 2.40 bits per heavy atom. The van der Waals surface area contributed by atoms with E-state index in [0.717, 1.165) is 39.9 Å². The van der Waals surface area contributed by atoms with Gasteiger partial charge in [-0.15, -0.1) is 11.3 Å². The molecule has 2 heterocycles. The average molecular weight is 292 g/mol. The molecule has 0 aliphatic heterocycles. The van der Waals surface area contributed by atoms with Crippen LogP contribution < -0.4 is 5.32 Å². The Kier molecular flexibility index (Phi) is 3.21. The van der Waals surface area contributed by atoms with Gasteiger partial charge in [-0.3, -0.25) is 9.48 Å². The molecule has 1 atom stereocenters. The lowest BCUT2D eigenvalue weighted by molar-refractivity contribution is -0.139. The molecule has 0 saturated heterocycles. The number of carbonyl (C=O) groups is 1. The fourth-order valence-electron chi connectivity index (χ4n) is 2.55. The number of hydrogen-bond donors (Lipinski definition) is 2. The zero-order valence-corrected chi connectivity index (χ0v) is 12.2. The Morgan fingerprint density at radius 3 is 3.05 bits per heavy atom. The highest BCUT2D eigenvalue weighted by Crippen LogP contribution is 2.37. The lowest BCUT2D eigenvalue weighted by atomic mass is 9.91. The molecule has 0 amide bonds. The largest absolute Gasteiger partial charge is 0.481 e. The standard InChI is InChI=1S/C13H16N4O2S/c1-7-9(6-17(2)16-7)14-13-15-11-8(12(18)19)4-3-5-10(11)20-13/h6,8H,3-5H2,1-2H3,(H,14,15)(H,18,19). The molecule has 6 nitrogen and oxygen atoms in total. The number of aromatic nitrogens is 3. The third-order valence-electron chi connectivity index (χ3n) is 3.51. The first-order valence-corrected chi connectivity index (χ1v) is 7.36. The van der Waals surface area contributed by atoms with Crippen molar-refractivity contribution in [1.82, 2.24) is 14.8 Å². The number of thiazole rings is 1. The van der Waals surface area contributed by atoms with E-state index in [1.807, 2.05) is 20.2 Å². The summed E-state index contributed by atoms with van der Waals surface area (Å²) in [6.07, 6.45) is 4.41. The number of anilines is 2. The molecule has 2 aromatic heterocycles. The maximum absolute atomic E-state index is 11.3. The molecule has 2 N–H and O–H groups in total. The molecular weight excluding hydrogens is 276 g/mol. The summed E-state index contributed by atoms with van der Waals surface area (Å²) < 4.78 is 1.74. The number of nitrogens with one attached hydrogen (secondary N) is 1. The van der Waals surface area contributed by atoms with E-state index in [1.54, 1.807) is 16.0 Å². The second-order valence-electron chi connectivity index (χ2n) is 5.04. The van der Waals surface area contributed by atoms with E-state index in [2.05, 4.69) is 15.4 Å². The second kappa shape index (κ2) is 4.90. The number of hydrogen-bond acceptors (Lipinski definition) is 5. The highest BCUT2D eigenvalue weighted by atomic mass is 32.1. The van der Waals surface area contributed by atoms with Gasteiger partial charge in [0, 0.05) is 18.1 Å². The third kappa shape index (κ3) is 2.29. The lowest BCUT2D eigenvalue weighted by Gasteiger charge is -2.16. The summed E-state index contributed by atoms with van der Waals surface area (Å²) in [5.41, 5.74) is 2.54. The van der Waals surface area contributed by atoms with Crippen LogP contribution in [0.4, 0.5) is 10.8 Å². The van der Waals surface area contributed by atoms with E-state index in [4.69, 9.17) is 0 Å². The maximum atomic E-state index is 11.3. The first kappa shape index (κ1) is 13.1. The van der Waals surface area contributed by atoms with E-state index >= 15 is 0 Å². The van der Waals surface area contributed by atoms with Gasteiger partial charge in [0.25, 0.3) is 0 Å². The monoisotopic (exact) mass is 292 g/mol. The molecule has 1 aliphatic rings. The van der Waals surface area contributed by atoms with Crippen LogP contribution in [-0.2, 0) is 18.3 Å². The van der Waals surface area contributed by atoms with Crippen molar-refractivity contribution in [3.8, 4) is 0 Å². The van der Waals surface area contributed by atoms with Gasteiger partial charge in [0.15, 0.2) is 5.13 Å². The number of rotatable bonds is 3. The first-order chi connectivity index (χ1) is 9.54. The van der Waals surface area contributed by atoms with Crippen molar-refractivity contribution in [2.75, 3.05) is 5.32 Å². The van der Waals surface area contributed by atoms with Crippen molar-refractivity contribution in [1.29, 1.82) is 0 Å². The summed E-state index contributed by atoms with van der Waals surface area (Å²) in [5.74, 6) is -1.24. The molecule has 2 aromatic rings. The Labute approximate surface area is 120 Å². The van der Waals surface area contributed by atoms with Gasteiger partial charge in [0.2, 0.25) is 0 Å². The second-order valence-corrected chi connectivity index (χ2v) is 6.12. The van der Waals surface area contributed by atoms with Crippen LogP contribution in [0, 0.1) is 6.92 Å². The van der Waals surface area contributed by atoms with Crippen LogP contribution >= 0.6 is 11.3 Å². The molecule has 1 aliphatic carbocycles. The fraction of sp³-hybridized carbons (Fsp3) is 0.462. The minimum absolute atomic E-state index is 0.458. The minimum atomic E-state index is -0.777. The Morgan fingerprint density at radius 1 is 1.60 bits per heavy atom. The van der Waals surface area contributed by atoms with Crippen molar-refractivity contribution in [2.24, 2.45) is 7.05 Å². The number of nitrogens with zero attached hydrogens (tertiary/aromatic N) is 3. The van der Waals surface area contributed by atoms with Crippen molar-refractivity contribution in [3.63, 3.8) is 0 Å². The highest BCUT2D eigenvalue weighted by Gasteiger charge is 2.30. The molecule has 1 unspecified atom stereocenters. The molecule has 20 heavy (non-hydrogen) atoms. The smallest absolute Gasteiger partial charge is 0.312 e. The number of carboxylic acids is 1. The predicted molar refractivity (Wildman–Crippen MR) is 76.7 cm³/mol. The Balaban J connectivity index is 1.89. The molecule has 106 valence electrons. The molecule has 0 fully saturated rings. The van der Waals surface area contributed by atoms with Crippen molar-refractivity contribution in [2.45, 2.75) is 32.1 Å². The van der Waals surface area contributed by atoms with E-state index in [0.29, 0.717) is 6.42 Å². The van der Waals surface area contributed by atoms with Crippen molar-refractivity contribution >= 4 is 28.1 Å². The van der Waals surface area contributed by atoms with Crippen LogP contribution in [0.5, 0.6) is 0 Å². The average Bonchev–Trinajstić information content (AvgIpc) is 2.92. The van der Waals surface area contributed by atoms with Gasteiger partial charge in [-0.25, -0.2) is 4.98 Å². The summed E-state index contributed by atoms with van der Waals surface area (Å²) in [4.78, 5) is 16.9. The molecule has 0 bridgehead atoms. The number of fused-ring (bicyclic) bond motifs is 1. The van der Waals surface area contributed by atoms with Crippen LogP contribution in [-0.4, -0.2) is 25.8 Å². The highest BCUT2D eigenvalue weighted by molar-refractivity contribution is 7.15. The van der Waals surface area contributed by atoms with Gasteiger partial charge >= 0.3 is 5.97 Å². The van der Waals surface area contributed by atoms with Crippen LogP contribution in [0.25, 0.3) is 0 Å². The molecule has 0 radical (unpaired) electrons. The molecule has 0 aromatic carbocycles. The summed E-state index contributed by atoms with van der Waals surface area (Å²) in [7, 11) is 1.87. The number of aliphatic carboxylic acids is 1. The number of aryl methyl sites for hydroxylation is 3. The molecule has 7 heteroatoms. The van der Waals surface area contributed by atoms with E-state index in [-0.39, 0.29) is 0 Å². The maximum Gasteiger partial charge on any atom is 0.312 e. The molecule has 0 saturated carbocycles. The van der Waals surface area contributed by atoms with Crippen molar-refractivity contribution < 1.29 is 9.90 Å². The van der Waals surface area contributed by atoms with Gasteiger partial charge in [-0.05, 0) is 26.2 Å². The van der Waals surface area contributed by atoms with Crippen molar-refractivity contribution in [3.05, 3.63) is 22.5 Å². The fourth-order valence-corrected chi connectivity index (χ4v) is 3.63. The zero-order chi connectivity index (χ0) is 14.3. The Bertz CT molecular complexity index is 661. The van der Waals surface area contributed by atoms with Crippen LogP contribution in [0.3, 0.4) is 0 Å². The normalized spacial score (nSPS) is 17.8. The lowest BCUT2D eigenvalue weighted by Crippen LogP contribution is -2.17. The quantitative estimate of drug-likeness (QED) is 0.908. The Hall–Kier alpha value is -1.89. The van der Waals surface area contributed by atoms with Crippen LogP contribution in [0.1, 0.15) is 35.0 Å². The minimum Gasteiger partial charge on any atom is -0.481 e.